The summed E-state index contributed by atoms with van der Waals surface area (Å²) in [5, 5.41) is 14.9. The molecule has 0 radical (unpaired) electrons. The van der Waals surface area contributed by atoms with Gasteiger partial charge in [0.1, 0.15) is 12.4 Å². The Morgan fingerprint density at radius 3 is 2.52 bits per heavy atom. The molecule has 0 aliphatic rings. The van der Waals surface area contributed by atoms with E-state index in [2.05, 4.69) is 10.5 Å². The highest BCUT2D eigenvalue weighted by molar-refractivity contribution is 5.83. The Hall–Kier alpha value is -4.20. The van der Waals surface area contributed by atoms with E-state index >= 15 is 0 Å². The lowest BCUT2D eigenvalue weighted by Gasteiger charge is -2.07. The Balaban J connectivity index is 1.46. The first-order chi connectivity index (χ1) is 15.0. The number of benzene rings is 3. The molecule has 0 unspecified atom stereocenters. The van der Waals surface area contributed by atoms with E-state index in [0.717, 1.165) is 22.4 Å². The average molecular weight is 419 g/mol. The van der Waals surface area contributed by atoms with Crippen molar-refractivity contribution in [3.05, 3.63) is 99.6 Å². The molecule has 0 atom stereocenters. The topological polar surface area (TPSA) is 103 Å². The van der Waals surface area contributed by atoms with E-state index in [1.807, 2.05) is 54.6 Å². The van der Waals surface area contributed by atoms with Crippen LogP contribution in [0.15, 0.2) is 77.9 Å². The molecule has 3 aromatic carbocycles. The Morgan fingerprint density at radius 1 is 1.06 bits per heavy atom. The second-order valence-electron chi connectivity index (χ2n) is 6.65. The van der Waals surface area contributed by atoms with Crippen LogP contribution >= 0.6 is 0 Å². The third kappa shape index (κ3) is 6.67. The number of carbonyl (C=O) groups excluding carboxylic acids is 1. The number of ether oxygens (including phenoxy) is 2. The number of nitro benzene ring substituents is 1. The van der Waals surface area contributed by atoms with Crippen LogP contribution in [0.5, 0.6) is 11.5 Å². The van der Waals surface area contributed by atoms with Crippen molar-refractivity contribution in [3.63, 3.8) is 0 Å². The van der Waals surface area contributed by atoms with Crippen LogP contribution in [0.4, 0.5) is 5.69 Å². The fourth-order valence-corrected chi connectivity index (χ4v) is 2.64. The number of hydrogen-bond donors (Lipinski definition) is 1. The lowest BCUT2D eigenvalue weighted by Crippen LogP contribution is -2.24. The molecule has 0 saturated carbocycles. The van der Waals surface area contributed by atoms with E-state index in [-0.39, 0.29) is 11.4 Å². The molecule has 0 bridgehead atoms. The smallest absolute Gasteiger partial charge is 0.311 e. The molecule has 8 heteroatoms. The zero-order valence-corrected chi connectivity index (χ0v) is 16.9. The van der Waals surface area contributed by atoms with Crippen molar-refractivity contribution in [1.82, 2.24) is 5.43 Å². The third-order valence-electron chi connectivity index (χ3n) is 4.20. The van der Waals surface area contributed by atoms with Crippen LogP contribution < -0.4 is 14.9 Å². The van der Waals surface area contributed by atoms with Crippen LogP contribution in [0.25, 0.3) is 0 Å². The van der Waals surface area contributed by atoms with Gasteiger partial charge in [-0.25, -0.2) is 5.43 Å². The van der Waals surface area contributed by atoms with E-state index in [0.29, 0.717) is 6.61 Å². The number of nitrogens with one attached hydrogen (secondary N) is 1. The number of hydrazone groups is 1. The molecule has 0 fully saturated rings. The standard InChI is InChI=1S/C23H21N3O5/c1-17-7-12-22(21(13-17)26(28)29)31-16-23(27)25-24-14-18-8-10-20(11-9-18)30-15-19-5-3-2-4-6-19/h2-14H,15-16H2,1H3,(H,25,27)/b24-14+. The number of aryl methyl sites for hydroxylation is 1. The Labute approximate surface area is 179 Å². The van der Waals surface area contributed by atoms with Crippen molar-refractivity contribution in [2.75, 3.05) is 6.61 Å². The lowest BCUT2D eigenvalue weighted by atomic mass is 10.2. The first-order valence-electron chi connectivity index (χ1n) is 9.48. The van der Waals surface area contributed by atoms with Gasteiger partial charge in [-0.2, -0.15) is 5.10 Å². The number of nitro groups is 1. The zero-order valence-electron chi connectivity index (χ0n) is 16.9. The molecule has 3 aromatic rings. The maximum absolute atomic E-state index is 11.9. The van der Waals surface area contributed by atoms with Gasteiger partial charge in [0.05, 0.1) is 11.1 Å². The van der Waals surface area contributed by atoms with Crippen LogP contribution in [-0.4, -0.2) is 23.7 Å². The molecule has 0 aliphatic heterocycles. The second kappa shape index (κ2) is 10.5. The van der Waals surface area contributed by atoms with Gasteiger partial charge < -0.3 is 9.47 Å². The minimum absolute atomic E-state index is 0.0285. The molecule has 1 amide bonds. The van der Waals surface area contributed by atoms with Gasteiger partial charge in [0.25, 0.3) is 5.91 Å². The summed E-state index contributed by atoms with van der Waals surface area (Å²) in [5.41, 5.74) is 4.71. The van der Waals surface area contributed by atoms with Gasteiger partial charge in [0, 0.05) is 6.07 Å². The summed E-state index contributed by atoms with van der Waals surface area (Å²) in [4.78, 5) is 22.4. The molecule has 0 saturated heterocycles. The van der Waals surface area contributed by atoms with E-state index in [1.54, 1.807) is 13.0 Å². The zero-order chi connectivity index (χ0) is 22.1. The summed E-state index contributed by atoms with van der Waals surface area (Å²) < 4.78 is 11.0. The van der Waals surface area contributed by atoms with Crippen LogP contribution in [0.3, 0.4) is 0 Å². The van der Waals surface area contributed by atoms with Gasteiger partial charge >= 0.3 is 5.69 Å². The third-order valence-corrected chi connectivity index (χ3v) is 4.20. The van der Waals surface area contributed by atoms with E-state index in [9.17, 15) is 14.9 Å². The van der Waals surface area contributed by atoms with Gasteiger partial charge in [0.2, 0.25) is 0 Å². The minimum Gasteiger partial charge on any atom is -0.489 e. The van der Waals surface area contributed by atoms with Gasteiger partial charge in [-0.05, 0) is 53.9 Å². The highest BCUT2D eigenvalue weighted by Crippen LogP contribution is 2.27. The van der Waals surface area contributed by atoms with Crippen molar-refractivity contribution < 1.29 is 19.2 Å². The van der Waals surface area contributed by atoms with Crippen molar-refractivity contribution in [1.29, 1.82) is 0 Å². The quantitative estimate of drug-likeness (QED) is 0.321. The summed E-state index contributed by atoms with van der Waals surface area (Å²) in [6.07, 6.45) is 1.48. The summed E-state index contributed by atoms with van der Waals surface area (Å²) in [6.45, 7) is 1.82. The molecule has 0 aliphatic carbocycles. The fraction of sp³-hybridized carbons (Fsp3) is 0.130. The monoisotopic (exact) mass is 419 g/mol. The molecular formula is C23H21N3O5. The number of hydrogen-bond acceptors (Lipinski definition) is 6. The van der Waals surface area contributed by atoms with Gasteiger partial charge in [0.15, 0.2) is 12.4 Å². The van der Waals surface area contributed by atoms with Crippen LogP contribution in [0.2, 0.25) is 0 Å². The Morgan fingerprint density at radius 2 is 1.81 bits per heavy atom. The van der Waals surface area contributed by atoms with Crippen molar-refractivity contribution in [3.8, 4) is 11.5 Å². The van der Waals surface area contributed by atoms with Gasteiger partial charge in [-0.15, -0.1) is 0 Å². The summed E-state index contributed by atoms with van der Waals surface area (Å²) >= 11 is 0. The van der Waals surface area contributed by atoms with E-state index in [1.165, 1.54) is 18.3 Å². The molecule has 31 heavy (non-hydrogen) atoms. The fourth-order valence-electron chi connectivity index (χ4n) is 2.64. The van der Waals surface area contributed by atoms with E-state index < -0.39 is 17.4 Å². The van der Waals surface area contributed by atoms with E-state index in [4.69, 9.17) is 9.47 Å². The first-order valence-corrected chi connectivity index (χ1v) is 9.48. The lowest BCUT2D eigenvalue weighted by molar-refractivity contribution is -0.385. The van der Waals surface area contributed by atoms with Crippen molar-refractivity contribution >= 4 is 17.8 Å². The van der Waals surface area contributed by atoms with Crippen LogP contribution in [-0.2, 0) is 11.4 Å². The largest absolute Gasteiger partial charge is 0.489 e. The molecule has 3 rings (SSSR count). The average Bonchev–Trinajstić information content (AvgIpc) is 2.78. The minimum atomic E-state index is -0.550. The molecule has 0 aromatic heterocycles. The number of nitrogens with zero attached hydrogens (tertiary/aromatic N) is 2. The van der Waals surface area contributed by atoms with Gasteiger partial charge in [-0.3, -0.25) is 14.9 Å². The molecule has 8 nitrogen and oxygen atoms in total. The maximum Gasteiger partial charge on any atom is 0.311 e. The molecule has 1 N–H and O–H groups in total. The SMILES string of the molecule is Cc1ccc(OCC(=O)N/N=C/c2ccc(OCc3ccccc3)cc2)c([N+](=O)[O-])c1. The van der Waals surface area contributed by atoms with Crippen molar-refractivity contribution in [2.24, 2.45) is 5.10 Å². The summed E-state index contributed by atoms with van der Waals surface area (Å²) in [6, 6.07) is 21.6. The number of carbonyl (C=O) groups is 1. The maximum atomic E-state index is 11.9. The number of rotatable bonds is 9. The van der Waals surface area contributed by atoms with Crippen LogP contribution in [0.1, 0.15) is 16.7 Å². The molecule has 0 heterocycles. The highest BCUT2D eigenvalue weighted by atomic mass is 16.6. The first kappa shape index (κ1) is 21.5. The summed E-state index contributed by atoms with van der Waals surface area (Å²) in [5.74, 6) is 0.216. The van der Waals surface area contributed by atoms with Gasteiger partial charge in [-0.1, -0.05) is 36.4 Å². The number of amides is 1. The van der Waals surface area contributed by atoms with Crippen LogP contribution in [0, 0.1) is 17.0 Å². The predicted molar refractivity (Wildman–Crippen MR) is 116 cm³/mol. The predicted octanol–water partition coefficient (Wildman–Crippen LogP) is 4.01. The van der Waals surface area contributed by atoms with Crippen molar-refractivity contribution in [2.45, 2.75) is 13.5 Å². The molecular weight excluding hydrogens is 398 g/mol. The molecule has 0 spiro atoms. The summed E-state index contributed by atoms with van der Waals surface area (Å²) in [7, 11) is 0. The molecule has 158 valence electrons. The normalized spacial score (nSPS) is 10.6. The highest BCUT2D eigenvalue weighted by Gasteiger charge is 2.16. The second-order valence-corrected chi connectivity index (χ2v) is 6.65. The Kier molecular flexibility index (Phi) is 7.31. The Bertz CT molecular complexity index is 1070.